The van der Waals surface area contributed by atoms with E-state index in [2.05, 4.69) is 5.32 Å². The van der Waals surface area contributed by atoms with Gasteiger partial charge in [-0.25, -0.2) is 19.2 Å². The number of carbonyl (C=O) groups is 9. The molecular formula is C90H123NO36. The summed E-state index contributed by atoms with van der Waals surface area (Å²) in [4.78, 5) is 105. The molecular weight excluding hydrogens is 1670 g/mol. The Morgan fingerprint density at radius 1 is 0.370 bits per heavy atom. The molecule has 3 aliphatic heterocycles. The summed E-state index contributed by atoms with van der Waals surface area (Å²) in [5, 5.41) is 159. The Hall–Kier alpha value is -10.3. The van der Waals surface area contributed by atoms with E-state index in [0.717, 1.165) is 39.8 Å². The number of hydrogen-bond donors (Lipinski definition) is 17. The lowest BCUT2D eigenvalue weighted by Gasteiger charge is -2.38. The van der Waals surface area contributed by atoms with Crippen molar-refractivity contribution in [3.8, 4) is 17.2 Å². The van der Waals surface area contributed by atoms with Crippen molar-refractivity contribution in [1.82, 2.24) is 0 Å². The Morgan fingerprint density at radius 2 is 0.748 bits per heavy atom. The average molecular weight is 1790 g/mol. The molecule has 0 bridgehead atoms. The molecule has 8 rings (SSSR count). The first-order valence-electron chi connectivity index (χ1n) is 41.1. The highest BCUT2D eigenvalue weighted by Crippen LogP contribution is 2.35. The van der Waals surface area contributed by atoms with Crippen molar-refractivity contribution in [3.05, 3.63) is 142 Å². The average Bonchev–Trinajstić information content (AvgIpc) is 0.807. The Labute approximate surface area is 735 Å². The van der Waals surface area contributed by atoms with Crippen LogP contribution in [0, 0.1) is 27.6 Å². The van der Waals surface area contributed by atoms with Crippen LogP contribution < -0.4 is 19.5 Å². The molecule has 4 aliphatic rings. The van der Waals surface area contributed by atoms with E-state index in [-0.39, 0.29) is 68.2 Å². The zero-order valence-electron chi connectivity index (χ0n) is 73.8. The van der Waals surface area contributed by atoms with Crippen molar-refractivity contribution < 1.29 is 177 Å². The first kappa shape index (κ1) is 107. The number of aryl methyl sites for hydroxylation is 4. The monoisotopic (exact) mass is 1790 g/mol. The van der Waals surface area contributed by atoms with Gasteiger partial charge in [0.2, 0.25) is 18.9 Å². The molecule has 37 nitrogen and oxygen atoms in total. The van der Waals surface area contributed by atoms with Crippen LogP contribution in [0.1, 0.15) is 162 Å². The van der Waals surface area contributed by atoms with Crippen molar-refractivity contribution in [3.63, 3.8) is 0 Å². The van der Waals surface area contributed by atoms with Crippen LogP contribution in [0.2, 0.25) is 0 Å². The van der Waals surface area contributed by atoms with Crippen molar-refractivity contribution in [2.75, 3.05) is 31.7 Å². The largest absolute Gasteiger partial charge is 0.481 e. The Balaban J connectivity index is 0.000000301. The molecule has 0 spiro atoms. The van der Waals surface area contributed by atoms with E-state index in [1.807, 2.05) is 52.0 Å². The van der Waals surface area contributed by atoms with Gasteiger partial charge >= 0.3 is 53.8 Å². The molecule has 17 N–H and O–H groups in total. The minimum absolute atomic E-state index is 0.0413. The zero-order chi connectivity index (χ0) is 95.7. The van der Waals surface area contributed by atoms with E-state index >= 15 is 0 Å². The lowest BCUT2D eigenvalue weighted by atomic mass is 9.81. The number of benzene rings is 4. The van der Waals surface area contributed by atoms with Crippen LogP contribution in [0.25, 0.3) is 24.3 Å². The number of carbonyl (C=O) groups excluding carboxylic acids is 5. The maximum atomic E-state index is 12.4. The molecule has 127 heavy (non-hydrogen) atoms. The molecule has 3 heterocycles. The van der Waals surface area contributed by atoms with Gasteiger partial charge in [-0.15, -0.1) is 0 Å². The third-order valence-corrected chi connectivity index (χ3v) is 19.8. The molecule has 37 heteroatoms. The lowest BCUT2D eigenvalue weighted by Crippen LogP contribution is -2.61. The van der Waals surface area contributed by atoms with Crippen molar-refractivity contribution in [2.24, 2.45) is 27.6 Å². The third-order valence-electron chi connectivity index (χ3n) is 19.8. The van der Waals surface area contributed by atoms with Crippen LogP contribution in [0.5, 0.6) is 17.2 Å². The van der Waals surface area contributed by atoms with Gasteiger partial charge in [-0.05, 0) is 209 Å². The number of carboxylic acids is 4. The molecule has 0 aromatic heterocycles. The fourth-order valence-electron chi connectivity index (χ4n) is 12.1. The number of aliphatic carboxylic acids is 4. The number of carboxylic acid groups (broad SMARTS) is 4. The number of aliphatic hydroxyl groups is 12. The molecule has 1 saturated carbocycles. The second-order valence-corrected chi connectivity index (χ2v) is 34.2. The molecule has 1 aliphatic carbocycles. The Bertz CT molecular complexity index is 4470. The van der Waals surface area contributed by atoms with E-state index in [0.29, 0.717) is 41.8 Å². The van der Waals surface area contributed by atoms with Gasteiger partial charge in [-0.2, -0.15) is 0 Å². The molecule has 4 fully saturated rings. The van der Waals surface area contributed by atoms with E-state index in [1.54, 1.807) is 180 Å². The molecule has 4 aromatic rings. The molecule has 0 radical (unpaired) electrons. The fraction of sp³-hybridized carbons (Fsp3) is 0.544. The number of aliphatic hydroxyl groups excluding tert-OH is 12. The highest BCUT2D eigenvalue weighted by Gasteiger charge is 2.52. The number of esters is 4. The number of ether oxygens (including phenoxy) is 11. The molecule has 2 unspecified atom stereocenters. The van der Waals surface area contributed by atoms with E-state index in [9.17, 15) is 120 Å². The van der Waals surface area contributed by atoms with Gasteiger partial charge in [0, 0.05) is 23.2 Å². The maximum Gasteiger partial charge on any atom is 0.411 e. The molecule has 20 atom stereocenters. The summed E-state index contributed by atoms with van der Waals surface area (Å²) < 4.78 is 58.4. The van der Waals surface area contributed by atoms with Gasteiger partial charge in [0.15, 0.2) is 18.3 Å². The summed E-state index contributed by atoms with van der Waals surface area (Å²) >= 11 is 0. The van der Waals surface area contributed by atoms with Gasteiger partial charge in [-0.1, -0.05) is 82.3 Å². The van der Waals surface area contributed by atoms with E-state index in [1.165, 1.54) is 0 Å². The Kier molecular flexibility index (Phi) is 40.7. The van der Waals surface area contributed by atoms with Crippen LogP contribution >= 0.6 is 0 Å². The minimum Gasteiger partial charge on any atom is -0.481 e. The van der Waals surface area contributed by atoms with Gasteiger partial charge in [-0.3, -0.25) is 29.3 Å². The number of rotatable bonds is 28. The van der Waals surface area contributed by atoms with Crippen molar-refractivity contribution in [1.29, 1.82) is 0 Å². The molecule has 704 valence electrons. The normalized spacial score (nSPS) is 26.2. The highest BCUT2D eigenvalue weighted by molar-refractivity contribution is 5.86. The van der Waals surface area contributed by atoms with Crippen molar-refractivity contribution >= 4 is 83.8 Å². The Morgan fingerprint density at radius 3 is 1.16 bits per heavy atom. The summed E-state index contributed by atoms with van der Waals surface area (Å²) in [6, 6.07) is 20.9. The molecule has 4 aromatic carbocycles. The zero-order valence-corrected chi connectivity index (χ0v) is 73.8. The molecule has 3 saturated heterocycles. The van der Waals surface area contributed by atoms with E-state index < -0.39 is 174 Å². The number of amides is 1. The summed E-state index contributed by atoms with van der Waals surface area (Å²) in [6.07, 6.45) is -16.7. The van der Waals surface area contributed by atoms with Crippen molar-refractivity contribution in [2.45, 2.75) is 259 Å². The third kappa shape index (κ3) is 31.5. The number of anilines is 1. The summed E-state index contributed by atoms with van der Waals surface area (Å²) in [5.74, 6) is -7.67. The molecule has 1 amide bonds. The first-order valence-corrected chi connectivity index (χ1v) is 41.1. The number of nitrogens with one attached hydrogen (secondary N) is 1. The summed E-state index contributed by atoms with van der Waals surface area (Å²) in [5.41, 5.74) is 4.47. The standard InChI is InChI=1S/C24H33NO9.3C22H30O9/c1-5-14-11-13(7-6-10-33-22(31)24(2,3)4)8-9-16(14)25-23(32)34-17-12-15(21(29)30)18(26)20(28)19(17)27;1-5-12-11-14(9-8-13(12)7-6-10-29-21(28)22(2,3)4)30-20-17(25)15(23)16(24)18(31-20)19(26)27;1-5-12-8-9-14(13(11-12)7-6-10-29-21(28)22(2,3)4)30-20-17(25)15(23)16(24)18(31-20)19(26)27;1-5-12-8-9-13(7-6-10-29-21(28)22(2,3)4)14(11-12)30-20-17(25)15(23)16(24)18(31-20)19(26)27/h6-9,11,15,17-20,26-28H,5,10,12H2,1-4H3,(H,25,32)(H,29,30);3*6-9,11,15-18,20,23-25H,5,10H2,1-4H3,(H,26,27)/b4*7-6+/t15-,17+,18+,19-,20-;15-,16-,17+,18-,20+;2*15-,16-,17+,18-,20?/m0000/s1. The minimum atomic E-state index is -1.80. The quantitative estimate of drug-likeness (QED) is 0.0252. The summed E-state index contributed by atoms with van der Waals surface area (Å²) in [7, 11) is 0. The van der Waals surface area contributed by atoms with Gasteiger partial charge < -0.3 is 134 Å². The smallest absolute Gasteiger partial charge is 0.411 e. The SMILES string of the molecule is CCc1cc(/C=C/COC(=O)C(C)(C)C)ccc1NC(=O)O[C@@H]1C[C@H](C(=O)O)[C@@H](O)[C@H](O)[C@H]1O.CCc1cc(O[C@@H]2O[C@H](C(=O)O)[C@@H](O)[C@H](O)[C@H]2O)ccc1/C=C/COC(=O)C(C)(C)C.CCc1ccc(/C=C/COC(=O)C(C)(C)C)c(OC2O[C@H](C(=O)O)[C@@H](O)[C@H](O)[C@H]2O)c1.CCc1ccc(OC2O[C@H](C(=O)O)[C@@H](O)[C@H](O)[C@H]2O)c(/C=C/COC(=O)C(C)(C)C)c1. The second kappa shape index (κ2) is 48.2. The van der Waals surface area contributed by atoms with Crippen LogP contribution in [0.15, 0.2) is 97.1 Å². The first-order chi connectivity index (χ1) is 59.2. The van der Waals surface area contributed by atoms with E-state index in [4.69, 9.17) is 57.2 Å². The van der Waals surface area contributed by atoms with Crippen LogP contribution in [0.4, 0.5) is 10.5 Å². The predicted octanol–water partition coefficient (Wildman–Crippen LogP) is 5.32. The fourth-order valence-corrected chi connectivity index (χ4v) is 12.1. The van der Waals surface area contributed by atoms with Gasteiger partial charge in [0.25, 0.3) is 0 Å². The number of hydrogen-bond acceptors (Lipinski definition) is 32. The van der Waals surface area contributed by atoms with Gasteiger partial charge in [0.05, 0.1) is 33.7 Å². The summed E-state index contributed by atoms with van der Waals surface area (Å²) in [6.45, 7) is 29.2. The topological polar surface area (TPSA) is 591 Å². The van der Waals surface area contributed by atoms with Crippen LogP contribution in [0.3, 0.4) is 0 Å². The second-order valence-electron chi connectivity index (χ2n) is 34.2. The highest BCUT2D eigenvalue weighted by atomic mass is 16.7. The van der Waals surface area contributed by atoms with Crippen LogP contribution in [-0.4, -0.2) is 279 Å². The van der Waals surface area contributed by atoms with Crippen LogP contribution in [-0.2, 0) is 102 Å². The lowest BCUT2D eigenvalue weighted by molar-refractivity contribution is -0.271. The maximum absolute atomic E-state index is 12.4. The predicted molar refractivity (Wildman–Crippen MR) is 454 cm³/mol. The van der Waals surface area contributed by atoms with Gasteiger partial charge in [0.1, 0.15) is 117 Å².